The summed E-state index contributed by atoms with van der Waals surface area (Å²) in [6, 6.07) is 14.3. The van der Waals surface area contributed by atoms with Crippen LogP contribution in [0.15, 0.2) is 58.4 Å². The number of nitrogens with zero attached hydrogens (tertiary/aromatic N) is 2. The van der Waals surface area contributed by atoms with Crippen molar-refractivity contribution in [3.8, 4) is 0 Å². The molecule has 0 unspecified atom stereocenters. The number of rotatable bonds is 4. The van der Waals surface area contributed by atoms with Crippen molar-refractivity contribution in [3.05, 3.63) is 64.7 Å². The number of benzene rings is 2. The fourth-order valence-electron chi connectivity index (χ4n) is 2.41. The van der Waals surface area contributed by atoms with Crippen LogP contribution in [0.2, 0.25) is 5.02 Å². The van der Waals surface area contributed by atoms with Gasteiger partial charge in [-0.05, 0) is 30.7 Å². The normalized spacial score (nSPS) is 15.4. The predicted octanol–water partition coefficient (Wildman–Crippen LogP) is 2.30. The molecule has 2 aromatic rings. The van der Waals surface area contributed by atoms with Crippen LogP contribution < -0.4 is 10.0 Å². The molecule has 0 aromatic heterocycles. The fraction of sp³-hybridized carbons (Fsp3) is 0.235. The van der Waals surface area contributed by atoms with Crippen molar-refractivity contribution in [2.45, 2.75) is 18.4 Å². The van der Waals surface area contributed by atoms with Crippen molar-refractivity contribution in [2.75, 3.05) is 13.3 Å². The van der Waals surface area contributed by atoms with Crippen molar-refractivity contribution < 1.29 is 8.42 Å². The Bertz CT molecular complexity index is 882. The third kappa shape index (κ3) is 4.50. The molecule has 0 aliphatic carbocycles. The largest absolute Gasteiger partial charge is 0.343 e. The Morgan fingerprint density at radius 3 is 2.56 bits per heavy atom. The van der Waals surface area contributed by atoms with Crippen LogP contribution in [0.25, 0.3) is 0 Å². The predicted molar refractivity (Wildman–Crippen MR) is 98.8 cm³/mol. The standard InChI is InChI=1S/C17H19ClN4O2S/c1-13-6-8-15(9-7-13)25(23,24)21-17-19-11-22(12-20-17)10-14-4-2-3-5-16(14)18/h2-9H,10-12H2,1H3,(H2,19,20,21). The van der Waals surface area contributed by atoms with Crippen LogP contribution in [0.5, 0.6) is 0 Å². The van der Waals surface area contributed by atoms with Crippen LogP contribution >= 0.6 is 11.6 Å². The minimum Gasteiger partial charge on any atom is -0.343 e. The van der Waals surface area contributed by atoms with E-state index in [1.165, 1.54) is 0 Å². The number of hydrogen-bond acceptors (Lipinski definition) is 5. The second-order valence-corrected chi connectivity index (χ2v) is 7.91. The average Bonchev–Trinajstić information content (AvgIpc) is 2.59. The SMILES string of the molecule is Cc1ccc(S(=O)(=O)NC2=NCN(Cc3ccccc3Cl)CN2)cc1. The molecular weight excluding hydrogens is 360 g/mol. The fourth-order valence-corrected chi connectivity index (χ4v) is 3.61. The van der Waals surface area contributed by atoms with Crippen molar-refractivity contribution in [3.63, 3.8) is 0 Å². The van der Waals surface area contributed by atoms with Crippen LogP contribution in [-0.4, -0.2) is 32.6 Å². The highest BCUT2D eigenvalue weighted by molar-refractivity contribution is 7.90. The van der Waals surface area contributed by atoms with Gasteiger partial charge in [-0.2, -0.15) is 0 Å². The van der Waals surface area contributed by atoms with E-state index in [-0.39, 0.29) is 10.9 Å². The van der Waals surface area contributed by atoms with Gasteiger partial charge in [0.15, 0.2) is 0 Å². The molecule has 6 nitrogen and oxygen atoms in total. The summed E-state index contributed by atoms with van der Waals surface area (Å²) in [5, 5.41) is 3.69. The summed E-state index contributed by atoms with van der Waals surface area (Å²) in [6.07, 6.45) is 0. The van der Waals surface area contributed by atoms with E-state index in [2.05, 4.69) is 15.0 Å². The molecule has 132 valence electrons. The molecular formula is C17H19ClN4O2S. The van der Waals surface area contributed by atoms with Gasteiger partial charge in [0.1, 0.15) is 0 Å². The maximum absolute atomic E-state index is 12.4. The van der Waals surface area contributed by atoms with Gasteiger partial charge in [0, 0.05) is 11.6 Å². The van der Waals surface area contributed by atoms with Crippen molar-refractivity contribution in [2.24, 2.45) is 4.99 Å². The molecule has 1 heterocycles. The van der Waals surface area contributed by atoms with Crippen LogP contribution in [0, 0.1) is 6.92 Å². The van der Waals surface area contributed by atoms with E-state index < -0.39 is 10.0 Å². The van der Waals surface area contributed by atoms with E-state index >= 15 is 0 Å². The number of guanidine groups is 1. The molecule has 1 aliphatic heterocycles. The minimum atomic E-state index is -3.64. The van der Waals surface area contributed by atoms with Crippen LogP contribution in [-0.2, 0) is 16.6 Å². The Balaban J connectivity index is 1.63. The molecule has 25 heavy (non-hydrogen) atoms. The number of halogens is 1. The molecule has 1 aliphatic rings. The maximum Gasteiger partial charge on any atom is 0.264 e. The number of aliphatic imine (C=N–C) groups is 1. The summed E-state index contributed by atoms with van der Waals surface area (Å²) in [7, 11) is -3.64. The second-order valence-electron chi connectivity index (χ2n) is 5.82. The average molecular weight is 379 g/mol. The molecule has 0 amide bonds. The van der Waals surface area contributed by atoms with Crippen LogP contribution in [0.3, 0.4) is 0 Å². The quantitative estimate of drug-likeness (QED) is 0.856. The van der Waals surface area contributed by atoms with E-state index in [1.807, 2.05) is 36.1 Å². The molecule has 0 bridgehead atoms. The second kappa shape index (κ2) is 7.43. The summed E-state index contributed by atoms with van der Waals surface area (Å²) in [5.41, 5.74) is 2.01. The number of hydrogen-bond donors (Lipinski definition) is 2. The molecule has 0 atom stereocenters. The molecule has 8 heteroatoms. The van der Waals surface area contributed by atoms with Gasteiger partial charge in [-0.15, -0.1) is 0 Å². The topological polar surface area (TPSA) is 73.8 Å². The van der Waals surface area contributed by atoms with Gasteiger partial charge in [-0.1, -0.05) is 47.5 Å². The highest BCUT2D eigenvalue weighted by Gasteiger charge is 2.19. The lowest BCUT2D eigenvalue weighted by molar-refractivity contribution is 0.255. The van der Waals surface area contributed by atoms with E-state index in [0.717, 1.165) is 11.1 Å². The number of sulfonamides is 1. The Morgan fingerprint density at radius 1 is 1.20 bits per heavy atom. The molecule has 0 spiro atoms. The van der Waals surface area contributed by atoms with Gasteiger partial charge >= 0.3 is 0 Å². The van der Waals surface area contributed by atoms with Crippen molar-refractivity contribution in [1.82, 2.24) is 14.9 Å². The Labute approximate surface area is 152 Å². The molecule has 0 saturated heterocycles. The Kier molecular flexibility index (Phi) is 5.27. The first kappa shape index (κ1) is 17.7. The summed E-state index contributed by atoms with van der Waals surface area (Å²) < 4.78 is 27.2. The van der Waals surface area contributed by atoms with E-state index in [0.29, 0.717) is 24.9 Å². The van der Waals surface area contributed by atoms with Gasteiger partial charge < -0.3 is 5.32 Å². The highest BCUT2D eigenvalue weighted by atomic mass is 35.5. The zero-order chi connectivity index (χ0) is 17.9. The van der Waals surface area contributed by atoms with Gasteiger partial charge in [0.2, 0.25) is 5.96 Å². The van der Waals surface area contributed by atoms with Crippen molar-refractivity contribution in [1.29, 1.82) is 0 Å². The lowest BCUT2D eigenvalue weighted by Gasteiger charge is -2.27. The summed E-state index contributed by atoms with van der Waals surface area (Å²) in [6.45, 7) is 3.39. The monoisotopic (exact) mass is 378 g/mol. The Morgan fingerprint density at radius 2 is 1.92 bits per heavy atom. The molecule has 2 aromatic carbocycles. The molecule has 3 rings (SSSR count). The smallest absolute Gasteiger partial charge is 0.264 e. The lowest BCUT2D eigenvalue weighted by Crippen LogP contribution is -2.49. The minimum absolute atomic E-state index is 0.209. The maximum atomic E-state index is 12.4. The number of aryl methyl sites for hydroxylation is 1. The molecule has 2 N–H and O–H groups in total. The van der Waals surface area contributed by atoms with E-state index in [1.54, 1.807) is 24.3 Å². The van der Waals surface area contributed by atoms with Gasteiger partial charge in [-0.25, -0.2) is 18.1 Å². The first-order valence-corrected chi connectivity index (χ1v) is 9.64. The van der Waals surface area contributed by atoms with Crippen LogP contribution in [0.1, 0.15) is 11.1 Å². The van der Waals surface area contributed by atoms with E-state index in [4.69, 9.17) is 11.6 Å². The van der Waals surface area contributed by atoms with Crippen LogP contribution in [0.4, 0.5) is 0 Å². The van der Waals surface area contributed by atoms with Crippen molar-refractivity contribution >= 4 is 27.6 Å². The van der Waals surface area contributed by atoms with Gasteiger partial charge in [0.05, 0.1) is 18.2 Å². The summed E-state index contributed by atoms with van der Waals surface area (Å²) in [4.78, 5) is 6.49. The molecule has 0 fully saturated rings. The molecule has 0 radical (unpaired) electrons. The third-order valence-corrected chi connectivity index (χ3v) is 5.54. The van der Waals surface area contributed by atoms with Gasteiger partial charge in [0.25, 0.3) is 10.0 Å². The molecule has 0 saturated carbocycles. The first-order valence-electron chi connectivity index (χ1n) is 7.77. The Hall–Kier alpha value is -2.09. The number of nitrogens with one attached hydrogen (secondary N) is 2. The summed E-state index contributed by atoms with van der Waals surface area (Å²) in [5.74, 6) is 0.246. The zero-order valence-electron chi connectivity index (χ0n) is 13.7. The van der Waals surface area contributed by atoms with E-state index in [9.17, 15) is 8.42 Å². The third-order valence-electron chi connectivity index (χ3n) is 3.81. The highest BCUT2D eigenvalue weighted by Crippen LogP contribution is 2.17. The zero-order valence-corrected chi connectivity index (χ0v) is 15.3. The lowest BCUT2D eigenvalue weighted by atomic mass is 10.2. The van der Waals surface area contributed by atoms with Gasteiger partial charge in [-0.3, -0.25) is 4.90 Å². The summed E-state index contributed by atoms with van der Waals surface area (Å²) >= 11 is 6.16. The first-order chi connectivity index (χ1) is 11.9.